The second-order valence-corrected chi connectivity index (χ2v) is 13.0. The van der Waals surface area contributed by atoms with E-state index in [1.54, 1.807) is 5.57 Å². The summed E-state index contributed by atoms with van der Waals surface area (Å²) in [6, 6.07) is 17.8. The Morgan fingerprint density at radius 3 is 2.31 bits per heavy atom. The minimum atomic E-state index is -0.735. The van der Waals surface area contributed by atoms with Crippen molar-refractivity contribution in [3.63, 3.8) is 0 Å². The van der Waals surface area contributed by atoms with Gasteiger partial charge in [0.15, 0.2) is 5.78 Å². The largest absolute Gasteiger partial charge is 0.396 e. The summed E-state index contributed by atoms with van der Waals surface area (Å²) in [5, 5.41) is 21.7. The van der Waals surface area contributed by atoms with Crippen LogP contribution >= 0.6 is 0 Å². The molecule has 2 saturated carbocycles. The SMILES string of the molecule is CN(C)c1ccc(-c2ccc([C@H]3C[C@]4(C)[C@@H](CC[C@@]4(O)CCCO)[C@@H]4CCC5=CC(=O)CCC5=C43)cc2)cc1. The van der Waals surface area contributed by atoms with Gasteiger partial charge in [0.1, 0.15) is 0 Å². The summed E-state index contributed by atoms with van der Waals surface area (Å²) < 4.78 is 0. The van der Waals surface area contributed by atoms with E-state index in [1.807, 2.05) is 6.08 Å². The average Bonchev–Trinajstić information content (AvgIpc) is 3.21. The number of hydrogen-bond acceptors (Lipinski definition) is 4. The molecule has 2 aromatic rings. The first-order valence-corrected chi connectivity index (χ1v) is 14.9. The number of ketones is 1. The molecule has 2 fully saturated rings. The second kappa shape index (κ2) is 10.1. The molecule has 4 aliphatic rings. The van der Waals surface area contributed by atoms with E-state index in [9.17, 15) is 15.0 Å². The molecular weight excluding hydrogens is 482 g/mol. The van der Waals surface area contributed by atoms with E-state index in [0.717, 1.165) is 38.5 Å². The number of carbonyl (C=O) groups is 1. The molecule has 0 saturated heterocycles. The number of aliphatic hydroxyl groups excluding tert-OH is 1. The maximum atomic E-state index is 12.3. The van der Waals surface area contributed by atoms with Crippen LogP contribution in [0.15, 0.2) is 71.3 Å². The molecule has 4 heteroatoms. The van der Waals surface area contributed by atoms with Gasteiger partial charge in [-0.2, -0.15) is 0 Å². The molecule has 0 aromatic heterocycles. The zero-order valence-electron chi connectivity index (χ0n) is 23.7. The summed E-state index contributed by atoms with van der Waals surface area (Å²) >= 11 is 0. The highest BCUT2D eigenvalue weighted by atomic mass is 16.3. The van der Waals surface area contributed by atoms with Crippen LogP contribution < -0.4 is 4.90 Å². The van der Waals surface area contributed by atoms with Crippen LogP contribution in [0.4, 0.5) is 5.69 Å². The number of hydrogen-bond donors (Lipinski definition) is 2. The molecule has 2 N–H and O–H groups in total. The lowest BCUT2D eigenvalue weighted by Gasteiger charge is -2.55. The van der Waals surface area contributed by atoms with E-state index in [1.165, 1.54) is 33.5 Å². The average molecular weight is 526 g/mol. The first-order chi connectivity index (χ1) is 18.7. The van der Waals surface area contributed by atoms with Crippen LogP contribution in [0, 0.1) is 17.3 Å². The van der Waals surface area contributed by atoms with E-state index in [-0.39, 0.29) is 23.7 Å². The van der Waals surface area contributed by atoms with E-state index < -0.39 is 5.60 Å². The second-order valence-electron chi connectivity index (χ2n) is 13.0. The molecule has 206 valence electrons. The van der Waals surface area contributed by atoms with Crippen molar-refractivity contribution in [2.75, 3.05) is 25.6 Å². The topological polar surface area (TPSA) is 60.8 Å². The van der Waals surface area contributed by atoms with Crippen molar-refractivity contribution < 1.29 is 15.0 Å². The van der Waals surface area contributed by atoms with Crippen molar-refractivity contribution in [2.45, 2.75) is 76.2 Å². The maximum absolute atomic E-state index is 12.3. The van der Waals surface area contributed by atoms with Gasteiger partial charge < -0.3 is 15.1 Å². The molecule has 0 aliphatic heterocycles. The quantitative estimate of drug-likeness (QED) is 0.434. The molecule has 0 unspecified atom stereocenters. The van der Waals surface area contributed by atoms with Crippen LogP contribution in [0.1, 0.15) is 76.2 Å². The van der Waals surface area contributed by atoms with E-state index in [0.29, 0.717) is 31.1 Å². The minimum absolute atomic E-state index is 0.129. The van der Waals surface area contributed by atoms with Crippen LogP contribution in [0.5, 0.6) is 0 Å². The number of allylic oxidation sites excluding steroid dienone is 4. The highest BCUT2D eigenvalue weighted by Gasteiger charge is 2.62. The maximum Gasteiger partial charge on any atom is 0.156 e. The Hall–Kier alpha value is -2.69. The lowest BCUT2D eigenvalue weighted by molar-refractivity contribution is -0.114. The Morgan fingerprint density at radius 2 is 1.64 bits per heavy atom. The zero-order chi connectivity index (χ0) is 27.4. The van der Waals surface area contributed by atoms with Crippen molar-refractivity contribution >= 4 is 11.5 Å². The smallest absolute Gasteiger partial charge is 0.156 e. The fraction of sp³-hybridized carbons (Fsp3) is 0.514. The monoisotopic (exact) mass is 525 g/mol. The van der Waals surface area contributed by atoms with Gasteiger partial charge in [0, 0.05) is 44.1 Å². The number of benzene rings is 2. The van der Waals surface area contributed by atoms with Crippen molar-refractivity contribution in [3.05, 3.63) is 76.9 Å². The van der Waals surface area contributed by atoms with Crippen LogP contribution in [0.3, 0.4) is 0 Å². The number of nitrogens with zero attached hydrogens (tertiary/aromatic N) is 1. The molecular formula is C35H43NO3. The Labute approximate surface area is 233 Å². The normalized spacial score (nSPS) is 31.9. The fourth-order valence-corrected chi connectivity index (χ4v) is 8.70. The third-order valence-electron chi connectivity index (χ3n) is 10.8. The highest BCUT2D eigenvalue weighted by Crippen LogP contribution is 2.67. The van der Waals surface area contributed by atoms with Gasteiger partial charge in [0.05, 0.1) is 5.60 Å². The third kappa shape index (κ3) is 4.40. The Kier molecular flexibility index (Phi) is 6.84. The summed E-state index contributed by atoms with van der Waals surface area (Å²) in [5.74, 6) is 1.42. The lowest BCUT2D eigenvalue weighted by Crippen LogP contribution is -2.51. The van der Waals surface area contributed by atoms with Crippen LogP contribution in [0.25, 0.3) is 11.1 Å². The summed E-state index contributed by atoms with van der Waals surface area (Å²) in [4.78, 5) is 14.4. The first-order valence-electron chi connectivity index (χ1n) is 14.9. The number of carbonyl (C=O) groups excluding carboxylic acids is 1. The van der Waals surface area contributed by atoms with Crippen LogP contribution in [0.2, 0.25) is 0 Å². The van der Waals surface area contributed by atoms with Gasteiger partial charge in [-0.1, -0.05) is 48.9 Å². The lowest BCUT2D eigenvalue weighted by atomic mass is 9.51. The molecule has 0 bridgehead atoms. The molecule has 4 aliphatic carbocycles. The summed E-state index contributed by atoms with van der Waals surface area (Å²) in [5.41, 5.74) is 8.32. The predicted octanol–water partition coefficient (Wildman–Crippen LogP) is 6.82. The summed E-state index contributed by atoms with van der Waals surface area (Å²) in [7, 11) is 4.12. The third-order valence-corrected chi connectivity index (χ3v) is 10.8. The number of fused-ring (bicyclic) bond motifs is 4. The molecule has 4 nitrogen and oxygen atoms in total. The number of rotatable bonds is 6. The van der Waals surface area contributed by atoms with Gasteiger partial charge in [-0.3, -0.25) is 4.79 Å². The van der Waals surface area contributed by atoms with E-state index in [2.05, 4.69) is 74.4 Å². The van der Waals surface area contributed by atoms with E-state index >= 15 is 0 Å². The van der Waals surface area contributed by atoms with Crippen molar-refractivity contribution in [1.82, 2.24) is 0 Å². The molecule has 0 heterocycles. The van der Waals surface area contributed by atoms with Gasteiger partial charge in [0.2, 0.25) is 0 Å². The summed E-state index contributed by atoms with van der Waals surface area (Å²) in [6.45, 7) is 2.47. The van der Waals surface area contributed by atoms with Gasteiger partial charge in [-0.05, 0) is 109 Å². The van der Waals surface area contributed by atoms with Crippen molar-refractivity contribution in [2.24, 2.45) is 17.3 Å². The number of anilines is 1. The molecule has 6 rings (SSSR count). The van der Waals surface area contributed by atoms with Crippen LogP contribution in [-0.2, 0) is 4.79 Å². The predicted molar refractivity (Wildman–Crippen MR) is 158 cm³/mol. The minimum Gasteiger partial charge on any atom is -0.396 e. The van der Waals surface area contributed by atoms with Gasteiger partial charge in [0.25, 0.3) is 0 Å². The first kappa shape index (κ1) is 26.5. The summed E-state index contributed by atoms with van der Waals surface area (Å²) in [6.07, 6.45) is 9.57. The molecule has 5 atom stereocenters. The molecule has 0 radical (unpaired) electrons. The van der Waals surface area contributed by atoms with Crippen molar-refractivity contribution in [1.29, 1.82) is 0 Å². The molecule has 2 aromatic carbocycles. The fourth-order valence-electron chi connectivity index (χ4n) is 8.70. The van der Waals surface area contributed by atoms with Crippen molar-refractivity contribution in [3.8, 4) is 11.1 Å². The van der Waals surface area contributed by atoms with Gasteiger partial charge >= 0.3 is 0 Å². The molecule has 39 heavy (non-hydrogen) atoms. The molecule has 0 spiro atoms. The number of aliphatic hydroxyl groups is 2. The van der Waals surface area contributed by atoms with E-state index in [4.69, 9.17) is 0 Å². The van der Waals surface area contributed by atoms with Crippen LogP contribution in [-0.4, -0.2) is 42.3 Å². The van der Waals surface area contributed by atoms with Gasteiger partial charge in [-0.25, -0.2) is 0 Å². The zero-order valence-corrected chi connectivity index (χ0v) is 23.7. The Morgan fingerprint density at radius 1 is 0.949 bits per heavy atom. The highest BCUT2D eigenvalue weighted by molar-refractivity contribution is 5.93. The Balaban J connectivity index is 1.41. The molecule has 0 amide bonds. The van der Waals surface area contributed by atoms with Gasteiger partial charge in [-0.15, -0.1) is 0 Å². The standard InChI is InChI=1S/C35H43NO3/c1-34-22-31(25-7-5-23(6-8-25)24-9-12-27(13-10-24)36(2)3)33-29-16-14-28(38)21-26(29)11-15-30(33)32(34)17-19-35(34,39)18-4-20-37/h5-10,12-13,21,30-32,37,39H,4,11,14-20,22H2,1-3H3/t30-,31+,32-,34+,35-/m0/s1. The Bertz CT molecular complexity index is 1300.